The predicted octanol–water partition coefficient (Wildman–Crippen LogP) is 6.49. The zero-order valence-electron chi connectivity index (χ0n) is 17.1. The van der Waals surface area contributed by atoms with Crippen molar-refractivity contribution in [3.63, 3.8) is 0 Å². The lowest BCUT2D eigenvalue weighted by molar-refractivity contribution is 0.0734. The van der Waals surface area contributed by atoms with Gasteiger partial charge in [0.25, 0.3) is 0 Å². The maximum absolute atomic E-state index is 12.4. The molecule has 0 aliphatic heterocycles. The number of fused-ring (bicyclic) bond motifs is 1. The van der Waals surface area contributed by atoms with E-state index in [-0.39, 0.29) is 5.97 Å². The number of rotatable bonds is 4. The van der Waals surface area contributed by atoms with E-state index in [4.69, 9.17) is 10.00 Å². The molecule has 29 heavy (non-hydrogen) atoms. The Morgan fingerprint density at radius 1 is 0.966 bits per heavy atom. The van der Waals surface area contributed by atoms with E-state index in [1.807, 2.05) is 12.1 Å². The summed E-state index contributed by atoms with van der Waals surface area (Å²) in [7, 11) is 0. The van der Waals surface area contributed by atoms with Crippen LogP contribution in [0.25, 0.3) is 0 Å². The molecule has 0 saturated heterocycles. The van der Waals surface area contributed by atoms with Crippen molar-refractivity contribution < 1.29 is 9.53 Å². The van der Waals surface area contributed by atoms with Crippen molar-refractivity contribution in [1.29, 1.82) is 5.26 Å². The predicted molar refractivity (Wildman–Crippen MR) is 114 cm³/mol. The third-order valence-electron chi connectivity index (χ3n) is 7.11. The minimum atomic E-state index is -0.358. The van der Waals surface area contributed by atoms with Gasteiger partial charge in [0.05, 0.1) is 17.2 Å². The second-order valence-electron chi connectivity index (χ2n) is 8.77. The number of ether oxygens (including phenoxy) is 1. The molecule has 0 bridgehead atoms. The Labute approximate surface area is 173 Å². The molecule has 2 fully saturated rings. The number of hydrogen-bond acceptors (Lipinski definition) is 3. The van der Waals surface area contributed by atoms with E-state index in [9.17, 15) is 4.79 Å². The van der Waals surface area contributed by atoms with Crippen molar-refractivity contribution in [2.75, 3.05) is 0 Å². The molecular formula is C26H29NO2. The monoisotopic (exact) mass is 387 g/mol. The zero-order valence-corrected chi connectivity index (χ0v) is 17.1. The van der Waals surface area contributed by atoms with Gasteiger partial charge in [-0.1, -0.05) is 31.9 Å². The number of esters is 1. The van der Waals surface area contributed by atoms with Gasteiger partial charge in [-0.15, -0.1) is 0 Å². The van der Waals surface area contributed by atoms with Crippen molar-refractivity contribution >= 4 is 5.97 Å². The number of benzene rings is 2. The number of nitriles is 1. The second kappa shape index (κ2) is 8.82. The van der Waals surface area contributed by atoms with Crippen LogP contribution < -0.4 is 4.74 Å². The number of carbonyl (C=O) groups is 1. The van der Waals surface area contributed by atoms with E-state index >= 15 is 0 Å². The van der Waals surface area contributed by atoms with E-state index in [2.05, 4.69) is 25.1 Å². The third-order valence-corrected chi connectivity index (χ3v) is 7.11. The van der Waals surface area contributed by atoms with Gasteiger partial charge in [-0.25, -0.2) is 4.79 Å². The molecule has 4 rings (SSSR count). The summed E-state index contributed by atoms with van der Waals surface area (Å²) in [5.41, 5.74) is 2.47. The van der Waals surface area contributed by atoms with E-state index in [1.165, 1.54) is 50.5 Å². The highest BCUT2D eigenvalue weighted by atomic mass is 16.5. The number of nitrogens with zero attached hydrogens (tertiary/aromatic N) is 1. The minimum absolute atomic E-state index is 0.358. The molecule has 2 aliphatic carbocycles. The summed E-state index contributed by atoms with van der Waals surface area (Å²) in [6, 6.07) is 16.7. The van der Waals surface area contributed by atoms with Gasteiger partial charge in [0, 0.05) is 0 Å². The normalized spacial score (nSPS) is 26.2. The van der Waals surface area contributed by atoms with E-state index < -0.39 is 0 Å². The smallest absolute Gasteiger partial charge is 0.343 e. The Balaban J connectivity index is 1.36. The first-order chi connectivity index (χ1) is 14.2. The van der Waals surface area contributed by atoms with Crippen LogP contribution in [-0.4, -0.2) is 5.97 Å². The molecule has 2 aromatic rings. The Hall–Kier alpha value is -2.60. The molecule has 0 amide bonds. The molecule has 0 aromatic heterocycles. The molecule has 4 atom stereocenters. The van der Waals surface area contributed by atoms with Gasteiger partial charge in [-0.05, 0) is 97.7 Å². The van der Waals surface area contributed by atoms with Gasteiger partial charge < -0.3 is 4.74 Å². The molecule has 150 valence electrons. The maximum atomic E-state index is 12.4. The van der Waals surface area contributed by atoms with Gasteiger partial charge in [-0.3, -0.25) is 0 Å². The standard InChI is InChI=1S/C26H29NO2/c1-2-18-3-6-24-16-23(12-11-22(24)15-18)20-7-9-21(10-8-20)26(28)29-25-13-4-19(17-27)5-14-25/h4-5,7-10,13-14,18,22-24H,2-3,6,11-12,15-16H2,1H3/t18-,22-,23?,24+/m0/s1. The fraction of sp³-hybridized carbons (Fsp3) is 0.462. The molecule has 3 heteroatoms. The Morgan fingerprint density at radius 3 is 2.34 bits per heavy atom. The van der Waals surface area contributed by atoms with Crippen molar-refractivity contribution in [2.45, 2.75) is 57.8 Å². The fourth-order valence-electron chi connectivity index (χ4n) is 5.31. The second-order valence-corrected chi connectivity index (χ2v) is 8.77. The molecule has 1 unspecified atom stereocenters. The number of hydrogen-bond donors (Lipinski definition) is 0. The highest BCUT2D eigenvalue weighted by Gasteiger charge is 2.35. The van der Waals surface area contributed by atoms with Crippen molar-refractivity contribution in [3.8, 4) is 11.8 Å². The average molecular weight is 388 g/mol. The lowest BCUT2D eigenvalue weighted by Gasteiger charge is -2.42. The quantitative estimate of drug-likeness (QED) is 0.445. The van der Waals surface area contributed by atoms with Gasteiger partial charge in [0.2, 0.25) is 0 Å². The summed E-state index contributed by atoms with van der Waals surface area (Å²) in [6.45, 7) is 2.34. The third kappa shape index (κ3) is 4.53. The summed E-state index contributed by atoms with van der Waals surface area (Å²) in [6.07, 6.45) is 9.51. The molecule has 2 saturated carbocycles. The molecule has 0 spiro atoms. The SMILES string of the molecule is CC[C@H]1CC[C@@H]2CC(c3ccc(C(=O)Oc4ccc(C#N)cc4)cc3)CC[C@H]2C1. The first-order valence-corrected chi connectivity index (χ1v) is 11.0. The first kappa shape index (κ1) is 19.7. The van der Waals surface area contributed by atoms with Gasteiger partial charge >= 0.3 is 5.97 Å². The highest BCUT2D eigenvalue weighted by Crippen LogP contribution is 2.48. The van der Waals surface area contributed by atoms with Crippen molar-refractivity contribution in [1.82, 2.24) is 0 Å². The van der Waals surface area contributed by atoms with E-state index in [0.717, 1.165) is 17.8 Å². The Kier molecular flexibility index (Phi) is 6.00. The molecule has 0 radical (unpaired) electrons. The van der Waals surface area contributed by atoms with Crippen LogP contribution in [0.2, 0.25) is 0 Å². The number of carbonyl (C=O) groups excluding carboxylic acids is 1. The lowest BCUT2D eigenvalue weighted by atomic mass is 9.63. The molecule has 0 N–H and O–H groups in total. The average Bonchev–Trinajstić information content (AvgIpc) is 2.79. The molecular weight excluding hydrogens is 358 g/mol. The fourth-order valence-corrected chi connectivity index (χ4v) is 5.31. The lowest BCUT2D eigenvalue weighted by Crippen LogP contribution is -2.30. The van der Waals surface area contributed by atoms with Gasteiger partial charge in [0.1, 0.15) is 5.75 Å². The van der Waals surface area contributed by atoms with Crippen LogP contribution in [0.3, 0.4) is 0 Å². The van der Waals surface area contributed by atoms with Gasteiger partial charge in [0.15, 0.2) is 0 Å². The van der Waals surface area contributed by atoms with E-state index in [0.29, 0.717) is 22.8 Å². The maximum Gasteiger partial charge on any atom is 0.343 e. The summed E-state index contributed by atoms with van der Waals surface area (Å²) in [5.74, 6) is 3.50. The van der Waals surface area contributed by atoms with Gasteiger partial charge in [-0.2, -0.15) is 5.26 Å². The Bertz CT molecular complexity index is 878. The van der Waals surface area contributed by atoms with Crippen molar-refractivity contribution in [2.24, 2.45) is 17.8 Å². The molecule has 0 heterocycles. The summed E-state index contributed by atoms with van der Waals surface area (Å²) < 4.78 is 5.43. The molecule has 2 aliphatic rings. The molecule has 3 nitrogen and oxygen atoms in total. The topological polar surface area (TPSA) is 50.1 Å². The highest BCUT2D eigenvalue weighted by molar-refractivity contribution is 5.91. The van der Waals surface area contributed by atoms with Crippen LogP contribution in [0.4, 0.5) is 0 Å². The molecule has 2 aromatic carbocycles. The van der Waals surface area contributed by atoms with Crippen LogP contribution >= 0.6 is 0 Å². The van der Waals surface area contributed by atoms with Crippen LogP contribution in [0.1, 0.15) is 79.3 Å². The summed E-state index contributed by atoms with van der Waals surface area (Å²) >= 11 is 0. The first-order valence-electron chi connectivity index (χ1n) is 11.0. The summed E-state index contributed by atoms with van der Waals surface area (Å²) in [4.78, 5) is 12.4. The van der Waals surface area contributed by atoms with E-state index in [1.54, 1.807) is 24.3 Å². The van der Waals surface area contributed by atoms with Crippen LogP contribution in [0.15, 0.2) is 48.5 Å². The van der Waals surface area contributed by atoms with Crippen LogP contribution in [0.5, 0.6) is 5.75 Å². The van der Waals surface area contributed by atoms with Crippen LogP contribution in [-0.2, 0) is 0 Å². The van der Waals surface area contributed by atoms with Crippen molar-refractivity contribution in [3.05, 3.63) is 65.2 Å². The largest absolute Gasteiger partial charge is 0.423 e. The van der Waals surface area contributed by atoms with Crippen LogP contribution in [0, 0.1) is 29.1 Å². The zero-order chi connectivity index (χ0) is 20.2. The Morgan fingerprint density at radius 2 is 1.66 bits per heavy atom. The minimum Gasteiger partial charge on any atom is -0.423 e. The summed E-state index contributed by atoms with van der Waals surface area (Å²) in [5, 5.41) is 8.85.